The summed E-state index contributed by atoms with van der Waals surface area (Å²) >= 11 is 0. The van der Waals surface area contributed by atoms with Gasteiger partial charge >= 0.3 is 5.97 Å². The van der Waals surface area contributed by atoms with Crippen molar-refractivity contribution in [2.45, 2.75) is 44.1 Å². The molecule has 1 amide bonds. The summed E-state index contributed by atoms with van der Waals surface area (Å²) in [4.78, 5) is 30.9. The Hall–Kier alpha value is -2.43. The number of amides is 1. The summed E-state index contributed by atoms with van der Waals surface area (Å²) in [6.07, 6.45) is 4.46. The Kier molecular flexibility index (Phi) is 3.71. The molecule has 1 aromatic carbocycles. The number of pyridine rings is 1. The van der Waals surface area contributed by atoms with E-state index >= 15 is 0 Å². The molecule has 1 unspecified atom stereocenters. The molecule has 1 aliphatic carbocycles. The topological polar surface area (TPSA) is 70.5 Å². The number of rotatable bonds is 3. The first-order chi connectivity index (χ1) is 11.6. The molecule has 0 radical (unpaired) electrons. The summed E-state index contributed by atoms with van der Waals surface area (Å²) in [6, 6.07) is 8.79. The molecule has 5 nitrogen and oxygen atoms in total. The average molecular weight is 324 g/mol. The van der Waals surface area contributed by atoms with Crippen LogP contribution in [0.1, 0.15) is 54.1 Å². The first kappa shape index (κ1) is 15.1. The number of carbonyl (C=O) groups excluding carboxylic acids is 1. The van der Waals surface area contributed by atoms with Gasteiger partial charge < -0.3 is 10.0 Å². The van der Waals surface area contributed by atoms with E-state index in [0.29, 0.717) is 24.4 Å². The van der Waals surface area contributed by atoms with Gasteiger partial charge in [-0.1, -0.05) is 18.2 Å². The molecule has 1 aromatic heterocycles. The number of hydrogen-bond acceptors (Lipinski definition) is 3. The number of piperidine rings is 1. The lowest BCUT2D eigenvalue weighted by Gasteiger charge is -2.33. The lowest BCUT2D eigenvalue weighted by atomic mass is 9.99. The zero-order valence-corrected chi connectivity index (χ0v) is 13.4. The molecule has 2 aliphatic rings. The van der Waals surface area contributed by atoms with Crippen LogP contribution in [-0.4, -0.2) is 39.5 Å². The monoisotopic (exact) mass is 324 g/mol. The second kappa shape index (κ2) is 5.89. The fraction of sp³-hybridized carbons (Fsp3) is 0.421. The van der Waals surface area contributed by atoms with Crippen LogP contribution in [0.2, 0.25) is 0 Å². The van der Waals surface area contributed by atoms with Gasteiger partial charge in [0.15, 0.2) is 0 Å². The van der Waals surface area contributed by atoms with E-state index in [-0.39, 0.29) is 5.91 Å². The van der Waals surface area contributed by atoms with Crippen molar-refractivity contribution in [1.29, 1.82) is 0 Å². The minimum absolute atomic E-state index is 0.178. The third-order valence-corrected chi connectivity index (χ3v) is 5.01. The summed E-state index contributed by atoms with van der Waals surface area (Å²) in [5, 5.41) is 10.3. The molecule has 2 aromatic rings. The van der Waals surface area contributed by atoms with Crippen LogP contribution in [0.5, 0.6) is 0 Å². The van der Waals surface area contributed by atoms with E-state index in [9.17, 15) is 14.7 Å². The number of carboxylic acids is 1. The molecule has 2 fully saturated rings. The molecule has 5 heteroatoms. The molecule has 2 heterocycles. The van der Waals surface area contributed by atoms with E-state index in [1.165, 1.54) is 4.90 Å². The number of hydrogen-bond donors (Lipinski definition) is 1. The van der Waals surface area contributed by atoms with Crippen molar-refractivity contribution in [3.05, 3.63) is 41.6 Å². The van der Waals surface area contributed by atoms with Crippen LogP contribution in [0.15, 0.2) is 30.3 Å². The Bertz CT molecular complexity index is 813. The van der Waals surface area contributed by atoms with Crippen molar-refractivity contribution < 1.29 is 14.7 Å². The predicted molar refractivity (Wildman–Crippen MR) is 90.0 cm³/mol. The molecule has 1 atom stereocenters. The highest BCUT2D eigenvalue weighted by atomic mass is 16.4. The van der Waals surface area contributed by atoms with Crippen molar-refractivity contribution in [1.82, 2.24) is 9.88 Å². The Labute approximate surface area is 140 Å². The molecule has 4 rings (SSSR count). The zero-order valence-electron chi connectivity index (χ0n) is 13.4. The van der Waals surface area contributed by atoms with Crippen molar-refractivity contribution in [3.8, 4) is 0 Å². The van der Waals surface area contributed by atoms with Crippen LogP contribution in [-0.2, 0) is 4.79 Å². The zero-order chi connectivity index (χ0) is 16.7. The van der Waals surface area contributed by atoms with Crippen LogP contribution < -0.4 is 0 Å². The van der Waals surface area contributed by atoms with Gasteiger partial charge in [-0.2, -0.15) is 0 Å². The Morgan fingerprint density at radius 2 is 1.92 bits per heavy atom. The molecule has 24 heavy (non-hydrogen) atoms. The standard InChI is InChI=1S/C19H20N2O3/c22-18(21-10-4-3-7-17(21)19(23)24)14-11-16(12-8-9-12)20-15-6-2-1-5-13(14)15/h1-2,5-6,11-12,17H,3-4,7-10H2,(H,23,24). The normalized spacial score (nSPS) is 21.0. The molecule has 1 N–H and O–H groups in total. The molecule has 0 spiro atoms. The second-order valence-corrected chi connectivity index (χ2v) is 6.73. The number of benzene rings is 1. The fourth-order valence-electron chi connectivity index (χ4n) is 3.55. The number of para-hydroxylation sites is 1. The predicted octanol–water partition coefficient (Wildman–Crippen LogP) is 3.19. The molecular weight excluding hydrogens is 304 g/mol. The van der Waals surface area contributed by atoms with Crippen LogP contribution in [0, 0.1) is 0 Å². The quantitative estimate of drug-likeness (QED) is 0.941. The number of likely N-dealkylation sites (tertiary alicyclic amines) is 1. The van der Waals surface area contributed by atoms with Crippen molar-refractivity contribution in [2.75, 3.05) is 6.54 Å². The largest absolute Gasteiger partial charge is 0.480 e. The minimum atomic E-state index is -0.913. The number of aromatic nitrogens is 1. The highest BCUT2D eigenvalue weighted by molar-refractivity contribution is 6.07. The van der Waals surface area contributed by atoms with E-state index in [0.717, 1.165) is 42.3 Å². The molecule has 0 bridgehead atoms. The lowest BCUT2D eigenvalue weighted by molar-refractivity contribution is -0.143. The van der Waals surface area contributed by atoms with Gasteiger partial charge in [0, 0.05) is 23.5 Å². The fourth-order valence-corrected chi connectivity index (χ4v) is 3.55. The van der Waals surface area contributed by atoms with Gasteiger partial charge in [0.05, 0.1) is 11.1 Å². The van der Waals surface area contributed by atoms with Gasteiger partial charge in [-0.25, -0.2) is 4.79 Å². The SMILES string of the molecule is O=C(O)C1CCCCN1C(=O)c1cc(C2CC2)nc2ccccc12. The smallest absolute Gasteiger partial charge is 0.326 e. The molecule has 124 valence electrons. The van der Waals surface area contributed by atoms with Crippen molar-refractivity contribution in [3.63, 3.8) is 0 Å². The number of carboxylic acid groups (broad SMARTS) is 1. The molecule has 1 saturated carbocycles. The summed E-state index contributed by atoms with van der Waals surface area (Å²) in [5.41, 5.74) is 2.37. The summed E-state index contributed by atoms with van der Waals surface area (Å²) < 4.78 is 0. The lowest BCUT2D eigenvalue weighted by Crippen LogP contribution is -2.48. The van der Waals surface area contributed by atoms with Crippen molar-refractivity contribution >= 4 is 22.8 Å². The van der Waals surface area contributed by atoms with E-state index in [4.69, 9.17) is 4.98 Å². The third-order valence-electron chi connectivity index (χ3n) is 5.01. The van der Waals surface area contributed by atoms with E-state index < -0.39 is 12.0 Å². The first-order valence-corrected chi connectivity index (χ1v) is 8.58. The highest BCUT2D eigenvalue weighted by Crippen LogP contribution is 2.40. The maximum atomic E-state index is 13.2. The molecule has 1 aliphatic heterocycles. The van der Waals surface area contributed by atoms with E-state index in [2.05, 4.69) is 0 Å². The molecular formula is C19H20N2O3. The average Bonchev–Trinajstić information content (AvgIpc) is 3.45. The number of carbonyl (C=O) groups is 2. The molecule has 1 saturated heterocycles. The van der Waals surface area contributed by atoms with E-state index in [1.54, 1.807) is 0 Å². The first-order valence-electron chi connectivity index (χ1n) is 8.58. The Balaban J connectivity index is 1.79. The Morgan fingerprint density at radius 3 is 2.67 bits per heavy atom. The number of nitrogens with zero attached hydrogens (tertiary/aromatic N) is 2. The van der Waals surface area contributed by atoms with Crippen LogP contribution in [0.4, 0.5) is 0 Å². The number of aliphatic carboxylic acids is 1. The maximum absolute atomic E-state index is 13.2. The van der Waals surface area contributed by atoms with Crippen LogP contribution in [0.25, 0.3) is 10.9 Å². The summed E-state index contributed by atoms with van der Waals surface area (Å²) in [5.74, 6) is -0.649. The Morgan fingerprint density at radius 1 is 1.12 bits per heavy atom. The van der Waals surface area contributed by atoms with E-state index in [1.807, 2.05) is 30.3 Å². The van der Waals surface area contributed by atoms with Crippen molar-refractivity contribution in [2.24, 2.45) is 0 Å². The third kappa shape index (κ3) is 2.64. The van der Waals surface area contributed by atoms with Crippen LogP contribution >= 0.6 is 0 Å². The minimum Gasteiger partial charge on any atom is -0.480 e. The van der Waals surface area contributed by atoms with Gasteiger partial charge in [-0.15, -0.1) is 0 Å². The van der Waals surface area contributed by atoms with Gasteiger partial charge in [-0.05, 0) is 44.2 Å². The van der Waals surface area contributed by atoms with Gasteiger partial charge in [-0.3, -0.25) is 9.78 Å². The van der Waals surface area contributed by atoms with Gasteiger partial charge in [0.2, 0.25) is 0 Å². The van der Waals surface area contributed by atoms with Gasteiger partial charge in [0.25, 0.3) is 5.91 Å². The summed E-state index contributed by atoms with van der Waals surface area (Å²) in [6.45, 7) is 0.505. The maximum Gasteiger partial charge on any atom is 0.326 e. The van der Waals surface area contributed by atoms with Crippen LogP contribution in [0.3, 0.4) is 0 Å². The number of fused-ring (bicyclic) bond motifs is 1. The summed E-state index contributed by atoms with van der Waals surface area (Å²) in [7, 11) is 0. The van der Waals surface area contributed by atoms with Gasteiger partial charge in [0.1, 0.15) is 6.04 Å². The highest BCUT2D eigenvalue weighted by Gasteiger charge is 2.34. The second-order valence-electron chi connectivity index (χ2n) is 6.73.